The van der Waals surface area contributed by atoms with Crippen LogP contribution in [0.3, 0.4) is 0 Å². The Hall–Kier alpha value is -1.71. The van der Waals surface area contributed by atoms with E-state index in [4.69, 9.17) is 4.52 Å². The molecule has 2 aromatic heterocycles. The van der Waals surface area contributed by atoms with Gasteiger partial charge in [-0.1, -0.05) is 5.16 Å². The van der Waals surface area contributed by atoms with Gasteiger partial charge in [-0.3, -0.25) is 4.79 Å². The minimum atomic E-state index is -3.52. The van der Waals surface area contributed by atoms with Gasteiger partial charge in [0.15, 0.2) is 5.82 Å². The Kier molecular flexibility index (Phi) is 4.26. The third-order valence-electron chi connectivity index (χ3n) is 3.65. The minimum absolute atomic E-state index is 0.214. The number of amides is 1. The van der Waals surface area contributed by atoms with E-state index < -0.39 is 15.9 Å². The second-order valence-electron chi connectivity index (χ2n) is 5.42. The van der Waals surface area contributed by atoms with Gasteiger partial charge in [-0.25, -0.2) is 8.42 Å². The first-order valence-electron chi connectivity index (χ1n) is 7.23. The van der Waals surface area contributed by atoms with Gasteiger partial charge in [0.1, 0.15) is 5.76 Å². The predicted molar refractivity (Wildman–Crippen MR) is 86.2 cm³/mol. The molecule has 0 aliphatic carbocycles. The molecular weight excluding hydrogens is 338 g/mol. The second kappa shape index (κ2) is 6.06. The zero-order chi connectivity index (χ0) is 16.6. The molecule has 124 valence electrons. The number of thiophene rings is 1. The fourth-order valence-corrected chi connectivity index (χ4v) is 5.48. The molecule has 1 fully saturated rings. The van der Waals surface area contributed by atoms with Crippen LogP contribution in [0.4, 0.5) is 5.82 Å². The van der Waals surface area contributed by atoms with Gasteiger partial charge < -0.3 is 9.84 Å². The number of nitrogens with zero attached hydrogens (tertiary/aromatic N) is 2. The molecule has 1 saturated heterocycles. The first kappa shape index (κ1) is 16.2. The molecule has 3 rings (SSSR count). The number of nitrogens with one attached hydrogen (secondary N) is 1. The van der Waals surface area contributed by atoms with Gasteiger partial charge in [0.2, 0.25) is 10.0 Å². The summed E-state index contributed by atoms with van der Waals surface area (Å²) in [5, 5.41) is 6.29. The maximum absolute atomic E-state index is 12.6. The molecule has 0 aromatic carbocycles. The van der Waals surface area contributed by atoms with Crippen molar-refractivity contribution in [3.63, 3.8) is 0 Å². The number of carbonyl (C=O) groups excluding carboxylic acids is 1. The van der Waals surface area contributed by atoms with Gasteiger partial charge in [-0.15, -0.1) is 11.3 Å². The smallest absolute Gasteiger partial charge is 0.267 e. The van der Waals surface area contributed by atoms with Crippen LogP contribution in [-0.4, -0.2) is 36.9 Å². The zero-order valence-electron chi connectivity index (χ0n) is 12.8. The lowest BCUT2D eigenvalue weighted by Gasteiger charge is -2.14. The molecule has 7 nitrogen and oxygen atoms in total. The van der Waals surface area contributed by atoms with Gasteiger partial charge in [-0.2, -0.15) is 4.31 Å². The normalized spacial score (nSPS) is 15.9. The van der Waals surface area contributed by atoms with Crippen LogP contribution in [0, 0.1) is 13.8 Å². The SMILES string of the molecule is Cc1cc(NC(=O)c2cc(S(=O)(=O)N3CCCC3)c(C)s2)no1. The number of carbonyl (C=O) groups is 1. The van der Waals surface area contributed by atoms with Crippen LogP contribution in [0.2, 0.25) is 0 Å². The number of hydrogen-bond donors (Lipinski definition) is 1. The largest absolute Gasteiger partial charge is 0.360 e. The van der Waals surface area contributed by atoms with E-state index in [1.807, 2.05) is 0 Å². The third-order valence-corrected chi connectivity index (χ3v) is 6.85. The molecular formula is C14H17N3O4S2. The molecule has 9 heteroatoms. The summed E-state index contributed by atoms with van der Waals surface area (Å²) in [6.45, 7) is 4.51. The molecule has 23 heavy (non-hydrogen) atoms. The van der Waals surface area contributed by atoms with Crippen molar-refractivity contribution in [3.8, 4) is 0 Å². The number of hydrogen-bond acceptors (Lipinski definition) is 6. The summed E-state index contributed by atoms with van der Waals surface area (Å²) in [7, 11) is -3.52. The molecule has 0 atom stereocenters. The minimum Gasteiger partial charge on any atom is -0.360 e. The first-order valence-corrected chi connectivity index (χ1v) is 9.49. The average Bonchev–Trinajstić information content (AvgIpc) is 3.19. The Bertz CT molecular complexity index is 832. The van der Waals surface area contributed by atoms with E-state index >= 15 is 0 Å². The van der Waals surface area contributed by atoms with Crippen molar-refractivity contribution in [2.75, 3.05) is 18.4 Å². The quantitative estimate of drug-likeness (QED) is 0.909. The average molecular weight is 355 g/mol. The van der Waals surface area contributed by atoms with Crippen molar-refractivity contribution < 1.29 is 17.7 Å². The van der Waals surface area contributed by atoms with Crippen LogP contribution in [0.15, 0.2) is 21.6 Å². The molecule has 0 spiro atoms. The molecule has 1 amide bonds. The summed E-state index contributed by atoms with van der Waals surface area (Å²) in [5.41, 5.74) is 0. The van der Waals surface area contributed by atoms with E-state index in [1.165, 1.54) is 10.4 Å². The number of aromatic nitrogens is 1. The van der Waals surface area contributed by atoms with Gasteiger partial charge in [0.25, 0.3) is 5.91 Å². The molecule has 2 aromatic rings. The number of sulfonamides is 1. The van der Waals surface area contributed by atoms with Crippen LogP contribution in [0.1, 0.15) is 33.2 Å². The van der Waals surface area contributed by atoms with Crippen molar-refractivity contribution in [3.05, 3.63) is 27.6 Å². The highest BCUT2D eigenvalue weighted by Crippen LogP contribution is 2.30. The topological polar surface area (TPSA) is 92.5 Å². The fourth-order valence-electron chi connectivity index (χ4n) is 2.50. The van der Waals surface area contributed by atoms with Crippen LogP contribution in [0.5, 0.6) is 0 Å². The van der Waals surface area contributed by atoms with E-state index in [2.05, 4.69) is 10.5 Å². The van der Waals surface area contributed by atoms with Gasteiger partial charge >= 0.3 is 0 Å². The monoisotopic (exact) mass is 355 g/mol. The molecule has 0 radical (unpaired) electrons. The predicted octanol–water partition coefficient (Wildman–Crippen LogP) is 2.39. The Labute approximate surface area is 138 Å². The fraction of sp³-hybridized carbons (Fsp3) is 0.429. The summed E-state index contributed by atoms with van der Waals surface area (Å²) in [5.74, 6) is 0.497. The highest BCUT2D eigenvalue weighted by atomic mass is 32.2. The lowest BCUT2D eigenvalue weighted by molar-refractivity contribution is 0.102. The zero-order valence-corrected chi connectivity index (χ0v) is 14.5. The number of rotatable bonds is 4. The van der Waals surface area contributed by atoms with Crippen LogP contribution in [-0.2, 0) is 10.0 Å². The highest BCUT2D eigenvalue weighted by molar-refractivity contribution is 7.89. The number of anilines is 1. The van der Waals surface area contributed by atoms with Crippen molar-refractivity contribution in [2.24, 2.45) is 0 Å². The van der Waals surface area contributed by atoms with Crippen LogP contribution < -0.4 is 5.32 Å². The summed E-state index contributed by atoms with van der Waals surface area (Å²) >= 11 is 1.16. The maximum Gasteiger partial charge on any atom is 0.267 e. The van der Waals surface area contributed by atoms with Gasteiger partial charge in [-0.05, 0) is 32.8 Å². The van der Waals surface area contributed by atoms with E-state index in [9.17, 15) is 13.2 Å². The van der Waals surface area contributed by atoms with E-state index in [1.54, 1.807) is 19.9 Å². The molecule has 1 N–H and O–H groups in total. The second-order valence-corrected chi connectivity index (χ2v) is 8.58. The molecule has 3 heterocycles. The lowest BCUT2D eigenvalue weighted by Crippen LogP contribution is -2.28. The third kappa shape index (κ3) is 3.17. The Morgan fingerprint density at radius 3 is 2.61 bits per heavy atom. The molecule has 1 aliphatic heterocycles. The highest BCUT2D eigenvalue weighted by Gasteiger charge is 2.30. The standard InChI is InChI=1S/C14H17N3O4S2/c1-9-7-13(16-21-9)15-14(18)11-8-12(10(2)22-11)23(19,20)17-5-3-4-6-17/h7-8H,3-6H2,1-2H3,(H,15,16,18). The summed E-state index contributed by atoms with van der Waals surface area (Å²) in [4.78, 5) is 13.4. The van der Waals surface area contributed by atoms with E-state index in [-0.39, 0.29) is 4.90 Å². The molecule has 1 aliphatic rings. The number of aryl methyl sites for hydroxylation is 2. The Balaban J connectivity index is 1.84. The summed E-state index contributed by atoms with van der Waals surface area (Å²) in [6.07, 6.45) is 1.75. The lowest BCUT2D eigenvalue weighted by atomic mass is 10.4. The summed E-state index contributed by atoms with van der Waals surface area (Å²) < 4.78 is 31.6. The van der Waals surface area contributed by atoms with Crippen molar-refractivity contribution in [2.45, 2.75) is 31.6 Å². The van der Waals surface area contributed by atoms with Crippen molar-refractivity contribution >= 4 is 33.1 Å². The van der Waals surface area contributed by atoms with Crippen LogP contribution >= 0.6 is 11.3 Å². The molecule has 0 unspecified atom stereocenters. The Morgan fingerprint density at radius 1 is 1.30 bits per heavy atom. The van der Waals surface area contributed by atoms with Crippen molar-refractivity contribution in [1.29, 1.82) is 0 Å². The van der Waals surface area contributed by atoms with Crippen LogP contribution in [0.25, 0.3) is 0 Å². The molecule has 0 saturated carbocycles. The van der Waals surface area contributed by atoms with Gasteiger partial charge in [0, 0.05) is 24.0 Å². The van der Waals surface area contributed by atoms with E-state index in [0.717, 1.165) is 24.2 Å². The first-order chi connectivity index (χ1) is 10.9. The van der Waals surface area contributed by atoms with Crippen molar-refractivity contribution in [1.82, 2.24) is 9.46 Å². The Morgan fingerprint density at radius 2 is 2.00 bits per heavy atom. The molecule has 0 bridgehead atoms. The van der Waals surface area contributed by atoms with E-state index in [0.29, 0.717) is 34.4 Å². The van der Waals surface area contributed by atoms with Gasteiger partial charge in [0.05, 0.1) is 9.77 Å². The summed E-state index contributed by atoms with van der Waals surface area (Å²) in [6, 6.07) is 3.04. The maximum atomic E-state index is 12.6.